The Balaban J connectivity index is 1.65. The van der Waals surface area contributed by atoms with E-state index in [9.17, 15) is 4.79 Å². The number of nitrogens with zero attached hydrogens (tertiary/aromatic N) is 4. The van der Waals surface area contributed by atoms with E-state index in [1.165, 1.54) is 0 Å². The molecule has 1 aliphatic rings. The van der Waals surface area contributed by atoms with Crippen LogP contribution >= 0.6 is 0 Å². The van der Waals surface area contributed by atoms with Crippen molar-refractivity contribution in [2.45, 2.75) is 33.2 Å². The molecule has 1 amide bonds. The SMILES string of the molecule is Cc1c(CC(=O)N2CCN(C(C)C)CC2)cnn1-c1ccccc1. The highest BCUT2D eigenvalue weighted by molar-refractivity contribution is 5.79. The quantitative estimate of drug-likeness (QED) is 0.865. The van der Waals surface area contributed by atoms with Crippen molar-refractivity contribution in [3.8, 4) is 5.69 Å². The van der Waals surface area contributed by atoms with Gasteiger partial charge in [-0.15, -0.1) is 0 Å². The molecule has 1 aromatic heterocycles. The fraction of sp³-hybridized carbons (Fsp3) is 0.474. The summed E-state index contributed by atoms with van der Waals surface area (Å²) in [5.41, 5.74) is 3.07. The van der Waals surface area contributed by atoms with Crippen molar-refractivity contribution in [1.82, 2.24) is 19.6 Å². The van der Waals surface area contributed by atoms with Gasteiger partial charge in [0, 0.05) is 43.5 Å². The van der Waals surface area contributed by atoms with Crippen LogP contribution in [-0.2, 0) is 11.2 Å². The number of benzene rings is 1. The summed E-state index contributed by atoms with van der Waals surface area (Å²) in [7, 11) is 0. The van der Waals surface area contributed by atoms with E-state index in [1.807, 2.05) is 53.0 Å². The van der Waals surface area contributed by atoms with Crippen LogP contribution in [0.4, 0.5) is 0 Å². The van der Waals surface area contributed by atoms with E-state index in [0.717, 1.165) is 43.1 Å². The normalized spacial score (nSPS) is 15.9. The average Bonchev–Trinajstić information content (AvgIpc) is 2.96. The van der Waals surface area contributed by atoms with Gasteiger partial charge in [-0.3, -0.25) is 9.69 Å². The molecule has 2 aromatic rings. The molecule has 0 radical (unpaired) electrons. The molecule has 0 spiro atoms. The van der Waals surface area contributed by atoms with Gasteiger partial charge in [0.1, 0.15) is 0 Å². The molecule has 3 rings (SSSR count). The van der Waals surface area contributed by atoms with Gasteiger partial charge in [0.2, 0.25) is 5.91 Å². The van der Waals surface area contributed by atoms with Gasteiger partial charge in [-0.05, 0) is 32.9 Å². The molecule has 0 unspecified atom stereocenters. The Morgan fingerprint density at radius 3 is 2.42 bits per heavy atom. The molecule has 0 saturated carbocycles. The molecule has 5 nitrogen and oxygen atoms in total. The minimum atomic E-state index is 0.203. The van der Waals surface area contributed by atoms with E-state index in [0.29, 0.717) is 12.5 Å². The second kappa shape index (κ2) is 7.18. The summed E-state index contributed by atoms with van der Waals surface area (Å²) < 4.78 is 1.90. The van der Waals surface area contributed by atoms with Crippen molar-refractivity contribution in [1.29, 1.82) is 0 Å². The number of carbonyl (C=O) groups excluding carboxylic acids is 1. The van der Waals surface area contributed by atoms with Crippen molar-refractivity contribution in [2.75, 3.05) is 26.2 Å². The van der Waals surface area contributed by atoms with Crippen molar-refractivity contribution < 1.29 is 4.79 Å². The first-order valence-corrected chi connectivity index (χ1v) is 8.67. The monoisotopic (exact) mass is 326 g/mol. The largest absolute Gasteiger partial charge is 0.340 e. The summed E-state index contributed by atoms with van der Waals surface area (Å²) in [5.74, 6) is 0.203. The van der Waals surface area contributed by atoms with Gasteiger partial charge < -0.3 is 4.90 Å². The van der Waals surface area contributed by atoms with Crippen LogP contribution in [0.25, 0.3) is 5.69 Å². The number of hydrogen-bond donors (Lipinski definition) is 0. The van der Waals surface area contributed by atoms with E-state index in [4.69, 9.17) is 0 Å². The van der Waals surface area contributed by atoms with E-state index in [1.54, 1.807) is 0 Å². The number of rotatable bonds is 4. The van der Waals surface area contributed by atoms with Crippen LogP contribution in [0.5, 0.6) is 0 Å². The summed E-state index contributed by atoms with van der Waals surface area (Å²) >= 11 is 0. The molecule has 0 N–H and O–H groups in total. The van der Waals surface area contributed by atoms with Crippen LogP contribution in [0.3, 0.4) is 0 Å². The van der Waals surface area contributed by atoms with Gasteiger partial charge in [-0.25, -0.2) is 4.68 Å². The Hall–Kier alpha value is -2.14. The molecule has 1 fully saturated rings. The second-order valence-electron chi connectivity index (χ2n) is 6.69. The van der Waals surface area contributed by atoms with Crippen LogP contribution in [0.15, 0.2) is 36.5 Å². The van der Waals surface area contributed by atoms with E-state index in [-0.39, 0.29) is 5.91 Å². The Bertz CT molecular complexity index is 685. The molecule has 1 aromatic carbocycles. The summed E-state index contributed by atoms with van der Waals surface area (Å²) in [6.45, 7) is 10.0. The minimum absolute atomic E-state index is 0.203. The average molecular weight is 326 g/mol. The maximum atomic E-state index is 12.6. The lowest BCUT2D eigenvalue weighted by Gasteiger charge is -2.37. The first-order chi connectivity index (χ1) is 11.6. The Morgan fingerprint density at radius 2 is 1.79 bits per heavy atom. The van der Waals surface area contributed by atoms with Gasteiger partial charge in [0.15, 0.2) is 0 Å². The molecule has 5 heteroatoms. The predicted octanol–water partition coefficient (Wildman–Crippen LogP) is 2.28. The van der Waals surface area contributed by atoms with Crippen LogP contribution in [-0.4, -0.2) is 57.7 Å². The standard InChI is InChI=1S/C19H26N4O/c1-15(2)21-9-11-22(12-10-21)19(24)13-17-14-20-23(16(17)3)18-7-5-4-6-8-18/h4-8,14-15H,9-13H2,1-3H3. The summed E-state index contributed by atoms with van der Waals surface area (Å²) in [4.78, 5) is 17.0. The topological polar surface area (TPSA) is 41.4 Å². The smallest absolute Gasteiger partial charge is 0.227 e. The lowest BCUT2D eigenvalue weighted by molar-refractivity contribution is -0.132. The number of para-hydroxylation sites is 1. The summed E-state index contributed by atoms with van der Waals surface area (Å²) in [6, 6.07) is 10.6. The fourth-order valence-electron chi connectivity index (χ4n) is 3.21. The molecule has 2 heterocycles. The van der Waals surface area contributed by atoms with Crippen LogP contribution in [0.1, 0.15) is 25.1 Å². The first kappa shape index (κ1) is 16.7. The van der Waals surface area contributed by atoms with Crippen molar-refractivity contribution in [2.24, 2.45) is 0 Å². The van der Waals surface area contributed by atoms with Crippen molar-refractivity contribution in [3.63, 3.8) is 0 Å². The zero-order valence-corrected chi connectivity index (χ0v) is 14.8. The zero-order chi connectivity index (χ0) is 17.1. The molecule has 1 aliphatic heterocycles. The van der Waals surface area contributed by atoms with E-state index >= 15 is 0 Å². The highest BCUT2D eigenvalue weighted by atomic mass is 16.2. The number of aromatic nitrogens is 2. The first-order valence-electron chi connectivity index (χ1n) is 8.67. The van der Waals surface area contributed by atoms with E-state index in [2.05, 4.69) is 23.8 Å². The molecule has 1 saturated heterocycles. The summed E-state index contributed by atoms with van der Waals surface area (Å²) in [6.07, 6.45) is 2.25. The maximum Gasteiger partial charge on any atom is 0.227 e. The molecular formula is C19H26N4O. The molecule has 0 bridgehead atoms. The third-order valence-electron chi connectivity index (χ3n) is 4.85. The Labute approximate surface area is 143 Å². The third-order valence-corrected chi connectivity index (χ3v) is 4.85. The lowest BCUT2D eigenvalue weighted by atomic mass is 10.1. The van der Waals surface area contributed by atoms with Gasteiger partial charge in [0.05, 0.1) is 18.3 Å². The molecule has 24 heavy (non-hydrogen) atoms. The van der Waals surface area contributed by atoms with Crippen LogP contribution in [0, 0.1) is 6.92 Å². The van der Waals surface area contributed by atoms with E-state index < -0.39 is 0 Å². The highest BCUT2D eigenvalue weighted by Crippen LogP contribution is 2.16. The second-order valence-corrected chi connectivity index (χ2v) is 6.69. The van der Waals surface area contributed by atoms with Gasteiger partial charge in [-0.1, -0.05) is 18.2 Å². The highest BCUT2D eigenvalue weighted by Gasteiger charge is 2.23. The van der Waals surface area contributed by atoms with Crippen molar-refractivity contribution >= 4 is 5.91 Å². The molecule has 128 valence electrons. The number of piperazine rings is 1. The number of hydrogen-bond acceptors (Lipinski definition) is 3. The van der Waals surface area contributed by atoms with Crippen LogP contribution < -0.4 is 0 Å². The number of amides is 1. The summed E-state index contributed by atoms with van der Waals surface area (Å²) in [5, 5.41) is 4.46. The third kappa shape index (κ3) is 3.51. The van der Waals surface area contributed by atoms with Gasteiger partial charge >= 0.3 is 0 Å². The number of carbonyl (C=O) groups is 1. The molecular weight excluding hydrogens is 300 g/mol. The van der Waals surface area contributed by atoms with Gasteiger partial charge in [0.25, 0.3) is 0 Å². The predicted molar refractivity (Wildman–Crippen MR) is 95.3 cm³/mol. The molecule has 0 aliphatic carbocycles. The Morgan fingerprint density at radius 1 is 1.12 bits per heavy atom. The molecule has 0 atom stereocenters. The van der Waals surface area contributed by atoms with Gasteiger partial charge in [-0.2, -0.15) is 5.10 Å². The lowest BCUT2D eigenvalue weighted by Crippen LogP contribution is -2.51. The fourth-order valence-corrected chi connectivity index (χ4v) is 3.21. The van der Waals surface area contributed by atoms with Crippen molar-refractivity contribution in [3.05, 3.63) is 47.8 Å². The Kier molecular flexibility index (Phi) is 5.00. The zero-order valence-electron chi connectivity index (χ0n) is 14.8. The maximum absolute atomic E-state index is 12.6. The van der Waals surface area contributed by atoms with Crippen LogP contribution in [0.2, 0.25) is 0 Å². The minimum Gasteiger partial charge on any atom is -0.340 e.